The molecule has 204 valence electrons. The van der Waals surface area contributed by atoms with Crippen molar-refractivity contribution >= 4 is 17.9 Å². The monoisotopic (exact) mass is 503 g/mol. The van der Waals surface area contributed by atoms with Gasteiger partial charge in [-0.05, 0) is 73.3 Å². The maximum absolute atomic E-state index is 14.2. The van der Waals surface area contributed by atoms with E-state index in [-0.39, 0.29) is 29.8 Å². The Morgan fingerprint density at radius 1 is 0.944 bits per heavy atom. The molecule has 0 saturated heterocycles. The summed E-state index contributed by atoms with van der Waals surface area (Å²) in [4.78, 5) is 42.2. The molecule has 0 heterocycles. The number of hydrogen-bond acceptors (Lipinski definition) is 4. The average Bonchev–Trinajstić information content (AvgIpc) is 2.72. The first-order chi connectivity index (χ1) is 16.6. The van der Waals surface area contributed by atoms with E-state index in [2.05, 4.69) is 17.6 Å². The fourth-order valence-electron chi connectivity index (χ4n) is 4.39. The van der Waals surface area contributed by atoms with Crippen LogP contribution in [0.1, 0.15) is 104 Å². The Balaban J connectivity index is 3.56. The van der Waals surface area contributed by atoms with Crippen molar-refractivity contribution in [3.05, 3.63) is 34.9 Å². The average molecular weight is 504 g/mol. The Bertz CT molecular complexity index is 871. The highest BCUT2D eigenvalue weighted by atomic mass is 16.6. The molecule has 4 unspecified atom stereocenters. The summed E-state index contributed by atoms with van der Waals surface area (Å²) in [6, 6.07) is 4.00. The third-order valence-corrected chi connectivity index (χ3v) is 6.16. The van der Waals surface area contributed by atoms with Gasteiger partial charge in [-0.2, -0.15) is 0 Å². The predicted octanol–water partition coefficient (Wildman–Crippen LogP) is 5.83. The van der Waals surface area contributed by atoms with E-state index in [1.807, 2.05) is 66.7 Å². The lowest BCUT2D eigenvalue weighted by molar-refractivity contribution is -0.145. The van der Waals surface area contributed by atoms with Crippen LogP contribution in [0.3, 0.4) is 0 Å². The van der Waals surface area contributed by atoms with E-state index >= 15 is 0 Å². The fourth-order valence-corrected chi connectivity index (χ4v) is 4.39. The third kappa shape index (κ3) is 9.47. The molecule has 0 aliphatic heterocycles. The molecular formula is C29H49N3O4. The minimum atomic E-state index is -0.832. The maximum atomic E-state index is 14.2. The fraction of sp³-hybridized carbons (Fsp3) is 0.690. The minimum absolute atomic E-state index is 0.0229. The van der Waals surface area contributed by atoms with E-state index < -0.39 is 23.8 Å². The second-order valence-electron chi connectivity index (χ2n) is 11.4. The lowest BCUT2D eigenvalue weighted by Crippen LogP contribution is -2.57. The molecule has 7 heteroatoms. The molecule has 1 aromatic carbocycles. The predicted molar refractivity (Wildman–Crippen MR) is 146 cm³/mol. The van der Waals surface area contributed by atoms with Crippen molar-refractivity contribution in [3.63, 3.8) is 0 Å². The number of carbonyl (C=O) groups excluding carboxylic acids is 3. The highest BCUT2D eigenvalue weighted by Gasteiger charge is 2.39. The quantitative estimate of drug-likeness (QED) is 0.398. The number of ether oxygens (including phenoxy) is 1. The lowest BCUT2D eigenvalue weighted by Gasteiger charge is -2.39. The summed E-state index contributed by atoms with van der Waals surface area (Å²) in [6.07, 6.45) is 1.81. The van der Waals surface area contributed by atoms with Gasteiger partial charge >= 0.3 is 6.09 Å². The summed E-state index contributed by atoms with van der Waals surface area (Å²) in [5.74, 6) is -0.677. The molecule has 0 aromatic heterocycles. The van der Waals surface area contributed by atoms with Crippen LogP contribution in [0.5, 0.6) is 0 Å². The molecule has 3 amide bonds. The molecule has 0 saturated carbocycles. The van der Waals surface area contributed by atoms with E-state index in [0.717, 1.165) is 29.5 Å². The zero-order valence-electron chi connectivity index (χ0n) is 24.3. The number of benzene rings is 1. The van der Waals surface area contributed by atoms with Gasteiger partial charge in [0.25, 0.3) is 0 Å². The molecule has 0 aliphatic carbocycles. The number of rotatable bonds is 11. The van der Waals surface area contributed by atoms with Crippen molar-refractivity contribution in [2.24, 2.45) is 5.92 Å². The van der Waals surface area contributed by atoms with Gasteiger partial charge in [-0.3, -0.25) is 9.59 Å². The smallest absolute Gasteiger partial charge is 0.408 e. The summed E-state index contributed by atoms with van der Waals surface area (Å²) in [6.45, 7) is 21.1. The van der Waals surface area contributed by atoms with Crippen LogP contribution in [-0.2, 0) is 14.3 Å². The maximum Gasteiger partial charge on any atom is 0.408 e. The molecule has 36 heavy (non-hydrogen) atoms. The number of alkyl carbamates (subject to hydrolysis) is 1. The zero-order valence-corrected chi connectivity index (χ0v) is 24.3. The number of aryl methyl sites for hydroxylation is 2. The van der Waals surface area contributed by atoms with Gasteiger partial charge in [0, 0.05) is 12.1 Å². The number of hydrogen-bond donors (Lipinski definition) is 2. The number of carbonyl (C=O) groups is 3. The van der Waals surface area contributed by atoms with Gasteiger partial charge in [0.15, 0.2) is 0 Å². The van der Waals surface area contributed by atoms with Gasteiger partial charge in [-0.15, -0.1) is 0 Å². The van der Waals surface area contributed by atoms with Crippen molar-refractivity contribution < 1.29 is 19.1 Å². The van der Waals surface area contributed by atoms with Gasteiger partial charge in [-0.1, -0.05) is 62.9 Å². The lowest BCUT2D eigenvalue weighted by atomic mass is 9.93. The van der Waals surface area contributed by atoms with Crippen LogP contribution in [-0.4, -0.2) is 46.5 Å². The van der Waals surface area contributed by atoms with E-state index in [9.17, 15) is 14.4 Å². The molecule has 0 aliphatic rings. The summed E-state index contributed by atoms with van der Waals surface area (Å²) < 4.78 is 5.46. The molecular weight excluding hydrogens is 454 g/mol. The van der Waals surface area contributed by atoms with Gasteiger partial charge in [0.05, 0.1) is 0 Å². The van der Waals surface area contributed by atoms with Crippen LogP contribution in [0, 0.1) is 19.8 Å². The van der Waals surface area contributed by atoms with Gasteiger partial charge in [0.2, 0.25) is 11.8 Å². The van der Waals surface area contributed by atoms with Crippen molar-refractivity contribution in [2.45, 2.75) is 125 Å². The molecule has 1 rings (SSSR count). The highest BCUT2D eigenvalue weighted by molar-refractivity contribution is 5.92. The van der Waals surface area contributed by atoms with Crippen LogP contribution < -0.4 is 10.6 Å². The van der Waals surface area contributed by atoms with Crippen LogP contribution >= 0.6 is 0 Å². The molecule has 0 spiro atoms. The Kier molecular flexibility index (Phi) is 11.9. The highest BCUT2D eigenvalue weighted by Crippen LogP contribution is 2.28. The second kappa shape index (κ2) is 13.7. The molecule has 2 N–H and O–H groups in total. The molecule has 1 aromatic rings. The van der Waals surface area contributed by atoms with E-state index in [0.29, 0.717) is 6.42 Å². The molecule has 4 atom stereocenters. The van der Waals surface area contributed by atoms with Crippen molar-refractivity contribution in [2.75, 3.05) is 0 Å². The summed E-state index contributed by atoms with van der Waals surface area (Å²) in [7, 11) is 0. The Hall–Kier alpha value is -2.57. The Morgan fingerprint density at radius 3 is 1.94 bits per heavy atom. The van der Waals surface area contributed by atoms with Crippen LogP contribution in [0.15, 0.2) is 18.2 Å². The van der Waals surface area contributed by atoms with E-state index in [1.165, 1.54) is 0 Å². The van der Waals surface area contributed by atoms with Gasteiger partial charge in [-0.25, -0.2) is 4.79 Å². The first-order valence-corrected chi connectivity index (χ1v) is 13.3. The minimum Gasteiger partial charge on any atom is -0.444 e. The van der Waals surface area contributed by atoms with E-state index in [1.54, 1.807) is 25.7 Å². The molecule has 0 fully saturated rings. The van der Waals surface area contributed by atoms with Gasteiger partial charge < -0.3 is 20.3 Å². The normalized spacial score (nSPS) is 15.0. The first-order valence-electron chi connectivity index (χ1n) is 13.3. The topological polar surface area (TPSA) is 87.7 Å². The van der Waals surface area contributed by atoms with E-state index in [4.69, 9.17) is 4.74 Å². The molecule has 0 radical (unpaired) electrons. The summed E-state index contributed by atoms with van der Waals surface area (Å²) >= 11 is 0. The van der Waals surface area contributed by atoms with Crippen molar-refractivity contribution in [1.82, 2.24) is 15.5 Å². The van der Waals surface area contributed by atoms with Crippen LogP contribution in [0.2, 0.25) is 0 Å². The van der Waals surface area contributed by atoms with Crippen LogP contribution in [0.25, 0.3) is 0 Å². The van der Waals surface area contributed by atoms with Crippen molar-refractivity contribution in [3.8, 4) is 0 Å². The summed E-state index contributed by atoms with van der Waals surface area (Å²) in [5, 5.41) is 5.92. The van der Waals surface area contributed by atoms with Gasteiger partial charge in [0.1, 0.15) is 17.7 Å². The first kappa shape index (κ1) is 31.5. The van der Waals surface area contributed by atoms with Crippen molar-refractivity contribution in [1.29, 1.82) is 0 Å². The Labute approximate surface area is 218 Å². The molecule has 7 nitrogen and oxygen atoms in total. The second-order valence-corrected chi connectivity index (χ2v) is 11.4. The van der Waals surface area contributed by atoms with Crippen LogP contribution in [0.4, 0.5) is 4.79 Å². The number of nitrogens with zero attached hydrogens (tertiary/aromatic N) is 1. The standard InChI is InChI=1S/C29H49N3O4/c1-12-14-22(8)30-26(33)25(23-16-19(5)15-20(6)17-23)32(18(3)4)27(34)24(21(7)13-2)31-28(35)36-29(9,10)11/h15-18,21-22,24-25H,12-14H2,1-11H3,(H,30,33)(H,31,35). The Morgan fingerprint density at radius 2 is 1.50 bits per heavy atom. The number of nitrogens with one attached hydrogen (secondary N) is 2. The molecule has 0 bridgehead atoms. The third-order valence-electron chi connectivity index (χ3n) is 6.16. The SMILES string of the molecule is CCCC(C)NC(=O)C(c1cc(C)cc(C)c1)N(C(=O)C(NC(=O)OC(C)(C)C)C(C)CC)C(C)C. The zero-order chi connectivity index (χ0) is 27.8. The largest absolute Gasteiger partial charge is 0.444 e. The number of amides is 3. The summed E-state index contributed by atoms with van der Waals surface area (Å²) in [5.41, 5.74) is 2.11.